The number of carbonyl (C=O) groups excluding carboxylic acids is 1. The van der Waals surface area contributed by atoms with Crippen LogP contribution >= 0.6 is 0 Å². The lowest BCUT2D eigenvalue weighted by molar-refractivity contribution is -0.118. The van der Waals surface area contributed by atoms with Crippen LogP contribution in [0.15, 0.2) is 36.9 Å². The average Bonchev–Trinajstić information content (AvgIpc) is 2.15. The molecule has 0 heterocycles. The largest absolute Gasteiger partial charge is 0.299 e. The highest BCUT2D eigenvalue weighted by Gasteiger charge is 2.02. The summed E-state index contributed by atoms with van der Waals surface area (Å²) in [6, 6.07) is 8.09. The molecular formula is C13H16O. The Morgan fingerprint density at radius 1 is 1.50 bits per heavy atom. The van der Waals surface area contributed by atoms with Crippen molar-refractivity contribution < 1.29 is 4.79 Å². The molecule has 0 aliphatic heterocycles. The van der Waals surface area contributed by atoms with Gasteiger partial charge in [0, 0.05) is 12.8 Å². The van der Waals surface area contributed by atoms with Crippen molar-refractivity contribution in [2.75, 3.05) is 0 Å². The Morgan fingerprint density at radius 2 is 2.29 bits per heavy atom. The van der Waals surface area contributed by atoms with Crippen molar-refractivity contribution in [1.82, 2.24) is 0 Å². The zero-order chi connectivity index (χ0) is 10.4. The molecule has 0 radical (unpaired) electrons. The van der Waals surface area contributed by atoms with Crippen LogP contribution in [0.3, 0.4) is 0 Å². The fraction of sp³-hybridized carbons (Fsp3) is 0.308. The fourth-order valence-electron chi connectivity index (χ4n) is 1.40. The Morgan fingerprint density at radius 3 is 2.93 bits per heavy atom. The zero-order valence-electron chi connectivity index (χ0n) is 8.62. The first-order valence-corrected chi connectivity index (χ1v) is 4.90. The first-order valence-electron chi connectivity index (χ1n) is 4.90. The number of benzene rings is 1. The van der Waals surface area contributed by atoms with Crippen LogP contribution in [0.5, 0.6) is 0 Å². The summed E-state index contributed by atoms with van der Waals surface area (Å²) in [7, 11) is 0. The molecule has 0 saturated carbocycles. The molecule has 1 aromatic rings. The number of carbonyl (C=O) groups is 1. The van der Waals surface area contributed by atoms with Gasteiger partial charge in [-0.15, -0.1) is 6.58 Å². The van der Waals surface area contributed by atoms with Gasteiger partial charge in [0.2, 0.25) is 0 Å². The smallest absolute Gasteiger partial charge is 0.137 e. The van der Waals surface area contributed by atoms with E-state index in [0.717, 1.165) is 12.0 Å². The van der Waals surface area contributed by atoms with E-state index in [0.29, 0.717) is 12.8 Å². The lowest BCUT2D eigenvalue weighted by atomic mass is 10.0. The number of allylic oxidation sites excluding steroid dienone is 1. The van der Waals surface area contributed by atoms with Crippen molar-refractivity contribution in [2.45, 2.75) is 26.2 Å². The third-order valence-electron chi connectivity index (χ3n) is 2.11. The monoisotopic (exact) mass is 188 g/mol. The third kappa shape index (κ3) is 3.56. The molecule has 0 unspecified atom stereocenters. The average molecular weight is 188 g/mol. The highest BCUT2D eigenvalue weighted by atomic mass is 16.1. The normalized spacial score (nSPS) is 9.79. The molecule has 0 aliphatic carbocycles. The maximum absolute atomic E-state index is 11.4. The maximum atomic E-state index is 11.4. The predicted molar refractivity (Wildman–Crippen MR) is 59.3 cm³/mol. The van der Waals surface area contributed by atoms with Crippen LogP contribution < -0.4 is 0 Å². The molecule has 0 N–H and O–H groups in total. The minimum atomic E-state index is 0.288. The van der Waals surface area contributed by atoms with Gasteiger partial charge in [0.25, 0.3) is 0 Å². The van der Waals surface area contributed by atoms with Crippen LogP contribution in [0.1, 0.15) is 24.0 Å². The summed E-state index contributed by atoms with van der Waals surface area (Å²) >= 11 is 0. The van der Waals surface area contributed by atoms with E-state index >= 15 is 0 Å². The van der Waals surface area contributed by atoms with Gasteiger partial charge in [-0.3, -0.25) is 4.79 Å². The molecule has 0 spiro atoms. The van der Waals surface area contributed by atoms with E-state index in [-0.39, 0.29) is 5.78 Å². The molecule has 0 aliphatic rings. The van der Waals surface area contributed by atoms with Crippen LogP contribution in [0, 0.1) is 6.92 Å². The Balaban J connectivity index is 2.51. The Kier molecular flexibility index (Phi) is 4.11. The van der Waals surface area contributed by atoms with Crippen molar-refractivity contribution in [3.05, 3.63) is 48.0 Å². The van der Waals surface area contributed by atoms with Gasteiger partial charge in [-0.05, 0) is 18.9 Å². The number of hydrogen-bond donors (Lipinski definition) is 0. The van der Waals surface area contributed by atoms with Gasteiger partial charge in [-0.2, -0.15) is 0 Å². The van der Waals surface area contributed by atoms with E-state index in [1.807, 2.05) is 25.1 Å². The number of aryl methyl sites for hydroxylation is 1. The molecule has 0 bridgehead atoms. The molecule has 0 atom stereocenters. The van der Waals surface area contributed by atoms with Gasteiger partial charge in [-0.25, -0.2) is 0 Å². The van der Waals surface area contributed by atoms with E-state index < -0.39 is 0 Å². The van der Waals surface area contributed by atoms with E-state index in [2.05, 4.69) is 12.6 Å². The molecule has 1 rings (SSSR count). The standard InChI is InChI=1S/C13H16O/c1-3-4-8-13(14)10-12-7-5-6-11(2)9-12/h3,5-7,9H,1,4,8,10H2,2H3. The van der Waals surface area contributed by atoms with Gasteiger partial charge in [0.1, 0.15) is 5.78 Å². The Hall–Kier alpha value is -1.37. The number of ketones is 1. The van der Waals surface area contributed by atoms with Crippen LogP contribution in [-0.4, -0.2) is 5.78 Å². The van der Waals surface area contributed by atoms with Gasteiger partial charge >= 0.3 is 0 Å². The first kappa shape index (κ1) is 10.7. The second kappa shape index (κ2) is 5.38. The molecule has 1 heteroatoms. The highest BCUT2D eigenvalue weighted by molar-refractivity contribution is 5.80. The van der Waals surface area contributed by atoms with Crippen molar-refractivity contribution >= 4 is 5.78 Å². The third-order valence-corrected chi connectivity index (χ3v) is 2.11. The molecule has 0 saturated heterocycles. The van der Waals surface area contributed by atoms with Crippen LogP contribution in [0.25, 0.3) is 0 Å². The molecule has 1 aromatic carbocycles. The second-order valence-electron chi connectivity index (χ2n) is 3.53. The summed E-state index contributed by atoms with van der Waals surface area (Å²) in [4.78, 5) is 11.4. The molecule has 0 aromatic heterocycles. The fourth-order valence-corrected chi connectivity index (χ4v) is 1.40. The van der Waals surface area contributed by atoms with Gasteiger partial charge < -0.3 is 0 Å². The summed E-state index contributed by atoms with van der Waals surface area (Å²) in [5.74, 6) is 0.288. The number of rotatable bonds is 5. The van der Waals surface area contributed by atoms with E-state index in [1.165, 1.54) is 5.56 Å². The maximum Gasteiger partial charge on any atom is 0.137 e. The minimum absolute atomic E-state index is 0.288. The summed E-state index contributed by atoms with van der Waals surface area (Å²) < 4.78 is 0. The van der Waals surface area contributed by atoms with Crippen LogP contribution in [-0.2, 0) is 11.2 Å². The van der Waals surface area contributed by atoms with Crippen LogP contribution in [0.2, 0.25) is 0 Å². The number of hydrogen-bond acceptors (Lipinski definition) is 1. The SMILES string of the molecule is C=CCCC(=O)Cc1cccc(C)c1. The Labute approximate surface area is 85.5 Å². The summed E-state index contributed by atoms with van der Waals surface area (Å²) in [5, 5.41) is 0. The first-order chi connectivity index (χ1) is 6.72. The summed E-state index contributed by atoms with van der Waals surface area (Å²) in [5.41, 5.74) is 2.32. The van der Waals surface area contributed by atoms with Crippen molar-refractivity contribution in [1.29, 1.82) is 0 Å². The molecule has 0 amide bonds. The zero-order valence-corrected chi connectivity index (χ0v) is 8.62. The van der Waals surface area contributed by atoms with E-state index in [1.54, 1.807) is 6.08 Å². The van der Waals surface area contributed by atoms with E-state index in [4.69, 9.17) is 0 Å². The lowest BCUT2D eigenvalue weighted by Gasteiger charge is -2.00. The molecule has 74 valence electrons. The van der Waals surface area contributed by atoms with E-state index in [9.17, 15) is 4.79 Å². The predicted octanol–water partition coefficient (Wildman–Crippen LogP) is 3.07. The number of Topliss-reactive ketones (excluding diaryl/α,β-unsaturated/α-hetero) is 1. The van der Waals surface area contributed by atoms with Crippen molar-refractivity contribution in [2.24, 2.45) is 0 Å². The quantitative estimate of drug-likeness (QED) is 0.649. The molecular weight excluding hydrogens is 172 g/mol. The van der Waals surface area contributed by atoms with Crippen molar-refractivity contribution in [3.63, 3.8) is 0 Å². The van der Waals surface area contributed by atoms with Gasteiger partial charge in [-0.1, -0.05) is 35.9 Å². The lowest BCUT2D eigenvalue weighted by Crippen LogP contribution is -2.01. The Bertz CT molecular complexity index is 326. The van der Waals surface area contributed by atoms with Gasteiger partial charge in [0.05, 0.1) is 0 Å². The summed E-state index contributed by atoms with van der Waals surface area (Å²) in [6.45, 7) is 5.64. The van der Waals surface area contributed by atoms with Crippen LogP contribution in [0.4, 0.5) is 0 Å². The summed E-state index contributed by atoms with van der Waals surface area (Å²) in [6.07, 6.45) is 3.73. The molecule has 1 nitrogen and oxygen atoms in total. The minimum Gasteiger partial charge on any atom is -0.299 e. The molecule has 14 heavy (non-hydrogen) atoms. The topological polar surface area (TPSA) is 17.1 Å². The second-order valence-corrected chi connectivity index (χ2v) is 3.53. The molecule has 0 fully saturated rings. The van der Waals surface area contributed by atoms with Gasteiger partial charge in [0.15, 0.2) is 0 Å². The van der Waals surface area contributed by atoms with Crippen molar-refractivity contribution in [3.8, 4) is 0 Å². The highest BCUT2D eigenvalue weighted by Crippen LogP contribution is 2.06.